The van der Waals surface area contributed by atoms with Crippen molar-refractivity contribution in [3.05, 3.63) is 47.5 Å². The molecule has 0 bridgehead atoms. The summed E-state index contributed by atoms with van der Waals surface area (Å²) in [5.74, 6) is 0.671. The molecule has 0 spiro atoms. The Labute approximate surface area is 192 Å². The number of hydrogen-bond donors (Lipinski definition) is 3. The van der Waals surface area contributed by atoms with Gasteiger partial charge in [-0.15, -0.1) is 10.2 Å². The van der Waals surface area contributed by atoms with Crippen molar-refractivity contribution in [1.82, 2.24) is 15.5 Å². The number of anilines is 1. The van der Waals surface area contributed by atoms with Crippen molar-refractivity contribution in [2.24, 2.45) is 5.73 Å². The molecular weight excluding hydrogens is 422 g/mol. The number of fused-ring (bicyclic) bond motifs is 1. The van der Waals surface area contributed by atoms with Crippen LogP contribution in [0, 0.1) is 0 Å². The number of nitrogens with two attached hydrogens (primary N) is 2. The van der Waals surface area contributed by atoms with Crippen molar-refractivity contribution < 1.29 is 9.53 Å². The Hall–Kier alpha value is -2.97. The second kappa shape index (κ2) is 9.67. The Balaban J connectivity index is 1.61. The Morgan fingerprint density at radius 1 is 1.25 bits per heavy atom. The van der Waals surface area contributed by atoms with E-state index in [1.165, 1.54) is 5.56 Å². The van der Waals surface area contributed by atoms with E-state index in [2.05, 4.69) is 27.6 Å². The number of nitrogens with zero attached hydrogens (tertiary/aromatic N) is 2. The van der Waals surface area contributed by atoms with Gasteiger partial charge < -0.3 is 21.5 Å². The third-order valence-corrected chi connectivity index (χ3v) is 6.49. The van der Waals surface area contributed by atoms with E-state index in [1.807, 2.05) is 38.1 Å². The van der Waals surface area contributed by atoms with Gasteiger partial charge in [0.2, 0.25) is 5.91 Å². The van der Waals surface area contributed by atoms with Crippen molar-refractivity contribution in [2.45, 2.75) is 51.7 Å². The zero-order valence-electron chi connectivity index (χ0n) is 18.4. The molecule has 8 heteroatoms. The molecule has 32 heavy (non-hydrogen) atoms. The molecule has 0 radical (unpaired) electrons. The molecule has 1 atom stereocenters. The molecule has 4 rings (SSSR count). The molecular formula is C24H29N5O2S. The van der Waals surface area contributed by atoms with Gasteiger partial charge in [-0.25, -0.2) is 0 Å². The summed E-state index contributed by atoms with van der Waals surface area (Å²) in [6.07, 6.45) is 3.30. The predicted octanol–water partition coefficient (Wildman–Crippen LogP) is 4.08. The first-order valence-electron chi connectivity index (χ1n) is 11.0. The lowest BCUT2D eigenvalue weighted by Gasteiger charge is -2.27. The van der Waals surface area contributed by atoms with E-state index < -0.39 is 0 Å². The SMILES string of the molecule is CC(C)Oc1ccc(-c2nnc(-c3cccc4c3CCCC4NC(=O)CCN)s2)cc1N. The maximum atomic E-state index is 12.1. The molecule has 168 valence electrons. The molecule has 1 amide bonds. The smallest absolute Gasteiger partial charge is 0.221 e. The molecule has 1 aromatic heterocycles. The van der Waals surface area contributed by atoms with Crippen LogP contribution < -0.4 is 21.5 Å². The number of nitrogens with one attached hydrogen (secondary N) is 1. The lowest BCUT2D eigenvalue weighted by Crippen LogP contribution is -2.32. The standard InChI is InChI=1S/C24H29N5O2S/c1-14(2)31-21-10-9-15(13-19(21)26)23-28-29-24(32-23)18-7-3-6-17-16(18)5-4-8-20(17)27-22(30)11-12-25/h3,6-7,9-10,13-14,20H,4-5,8,11-12,25-26H2,1-2H3,(H,27,30). The summed E-state index contributed by atoms with van der Waals surface area (Å²) in [6.45, 7) is 4.30. The van der Waals surface area contributed by atoms with E-state index in [0.717, 1.165) is 46.0 Å². The van der Waals surface area contributed by atoms with Gasteiger partial charge in [0.25, 0.3) is 0 Å². The highest BCUT2D eigenvalue weighted by molar-refractivity contribution is 7.17. The van der Waals surface area contributed by atoms with Gasteiger partial charge in [0, 0.05) is 24.1 Å². The summed E-state index contributed by atoms with van der Waals surface area (Å²) in [4.78, 5) is 12.1. The van der Waals surface area contributed by atoms with E-state index in [0.29, 0.717) is 24.4 Å². The van der Waals surface area contributed by atoms with Crippen LogP contribution in [-0.4, -0.2) is 28.8 Å². The highest BCUT2D eigenvalue weighted by Gasteiger charge is 2.25. The van der Waals surface area contributed by atoms with Gasteiger partial charge in [-0.1, -0.05) is 29.5 Å². The quantitative estimate of drug-likeness (QED) is 0.466. The van der Waals surface area contributed by atoms with E-state index in [9.17, 15) is 4.79 Å². The molecule has 1 heterocycles. The molecule has 1 aliphatic carbocycles. The van der Waals surface area contributed by atoms with Crippen LogP contribution in [0.25, 0.3) is 21.1 Å². The van der Waals surface area contributed by atoms with Crippen molar-refractivity contribution in [3.8, 4) is 26.9 Å². The molecule has 3 aromatic rings. The lowest BCUT2D eigenvalue weighted by atomic mass is 9.85. The number of ether oxygens (including phenoxy) is 1. The normalized spacial score (nSPS) is 15.4. The van der Waals surface area contributed by atoms with E-state index in [-0.39, 0.29) is 18.1 Å². The summed E-state index contributed by atoms with van der Waals surface area (Å²) >= 11 is 1.54. The summed E-state index contributed by atoms with van der Waals surface area (Å²) in [6, 6.07) is 11.9. The summed E-state index contributed by atoms with van der Waals surface area (Å²) < 4.78 is 5.73. The van der Waals surface area contributed by atoms with Crippen LogP contribution in [0.2, 0.25) is 0 Å². The number of amides is 1. The molecule has 1 aliphatic rings. The summed E-state index contributed by atoms with van der Waals surface area (Å²) in [5, 5.41) is 13.7. The van der Waals surface area contributed by atoms with Crippen molar-refractivity contribution >= 4 is 22.9 Å². The van der Waals surface area contributed by atoms with Gasteiger partial charge in [-0.3, -0.25) is 4.79 Å². The minimum absolute atomic E-state index is 0.00330. The molecule has 1 unspecified atom stereocenters. The van der Waals surface area contributed by atoms with Crippen LogP contribution in [0.4, 0.5) is 5.69 Å². The van der Waals surface area contributed by atoms with Gasteiger partial charge in [-0.05, 0) is 62.4 Å². The van der Waals surface area contributed by atoms with E-state index >= 15 is 0 Å². The molecule has 0 aliphatic heterocycles. The van der Waals surface area contributed by atoms with Crippen LogP contribution in [0.1, 0.15) is 50.3 Å². The molecule has 0 saturated heterocycles. The maximum absolute atomic E-state index is 12.1. The number of rotatable bonds is 7. The number of benzene rings is 2. The number of nitrogen functional groups attached to an aromatic ring is 1. The van der Waals surface area contributed by atoms with Crippen LogP contribution in [-0.2, 0) is 11.2 Å². The number of carbonyl (C=O) groups excluding carboxylic acids is 1. The number of carbonyl (C=O) groups is 1. The first kappa shape index (κ1) is 22.2. The zero-order valence-corrected chi connectivity index (χ0v) is 19.2. The van der Waals surface area contributed by atoms with E-state index in [4.69, 9.17) is 16.2 Å². The second-order valence-corrected chi connectivity index (χ2v) is 9.23. The minimum Gasteiger partial charge on any atom is -0.489 e. The fourth-order valence-corrected chi connectivity index (χ4v) is 4.98. The predicted molar refractivity (Wildman–Crippen MR) is 128 cm³/mol. The first-order chi connectivity index (χ1) is 15.5. The third kappa shape index (κ3) is 4.76. The van der Waals surface area contributed by atoms with Gasteiger partial charge in [0.15, 0.2) is 0 Å². The summed E-state index contributed by atoms with van der Waals surface area (Å²) in [5.41, 5.74) is 16.7. The van der Waals surface area contributed by atoms with Crippen LogP contribution >= 0.6 is 11.3 Å². The maximum Gasteiger partial charge on any atom is 0.221 e. The topological polar surface area (TPSA) is 116 Å². The molecule has 0 fully saturated rings. The highest BCUT2D eigenvalue weighted by Crippen LogP contribution is 2.39. The average Bonchev–Trinajstić information content (AvgIpc) is 3.25. The van der Waals surface area contributed by atoms with Gasteiger partial charge in [-0.2, -0.15) is 0 Å². The molecule has 2 aromatic carbocycles. The summed E-state index contributed by atoms with van der Waals surface area (Å²) in [7, 11) is 0. The Bertz CT molecular complexity index is 1110. The second-order valence-electron chi connectivity index (χ2n) is 8.26. The van der Waals surface area contributed by atoms with Crippen molar-refractivity contribution in [1.29, 1.82) is 0 Å². The zero-order chi connectivity index (χ0) is 22.7. The largest absolute Gasteiger partial charge is 0.489 e. The molecule has 7 nitrogen and oxygen atoms in total. The number of hydrogen-bond acceptors (Lipinski definition) is 7. The minimum atomic E-state index is -0.00330. The fourth-order valence-electron chi connectivity index (χ4n) is 4.09. The van der Waals surface area contributed by atoms with Crippen LogP contribution in [0.5, 0.6) is 5.75 Å². The third-order valence-electron chi connectivity index (χ3n) is 5.49. The van der Waals surface area contributed by atoms with E-state index in [1.54, 1.807) is 11.3 Å². The first-order valence-corrected chi connectivity index (χ1v) is 11.8. The van der Waals surface area contributed by atoms with Crippen molar-refractivity contribution in [2.75, 3.05) is 12.3 Å². The Morgan fingerprint density at radius 2 is 2.06 bits per heavy atom. The number of aromatic nitrogens is 2. The van der Waals surface area contributed by atoms with Gasteiger partial charge in [0.1, 0.15) is 15.8 Å². The molecule has 0 saturated carbocycles. The highest BCUT2D eigenvalue weighted by atomic mass is 32.1. The Morgan fingerprint density at radius 3 is 2.81 bits per heavy atom. The van der Waals surface area contributed by atoms with Crippen molar-refractivity contribution in [3.63, 3.8) is 0 Å². The van der Waals surface area contributed by atoms with Crippen LogP contribution in [0.3, 0.4) is 0 Å². The fraction of sp³-hybridized carbons (Fsp3) is 0.375. The average molecular weight is 452 g/mol. The molecule has 5 N–H and O–H groups in total. The Kier molecular flexibility index (Phi) is 6.72. The van der Waals surface area contributed by atoms with Gasteiger partial charge in [0.05, 0.1) is 17.8 Å². The van der Waals surface area contributed by atoms with Crippen LogP contribution in [0.15, 0.2) is 36.4 Å². The lowest BCUT2D eigenvalue weighted by molar-refractivity contribution is -0.121. The van der Waals surface area contributed by atoms with Gasteiger partial charge >= 0.3 is 0 Å². The monoisotopic (exact) mass is 451 g/mol.